The molecule has 0 unspecified atom stereocenters. The van der Waals surface area contributed by atoms with Gasteiger partial charge in [-0.05, 0) is 59.1 Å². The number of hydrogen-bond acceptors (Lipinski definition) is 3. The van der Waals surface area contributed by atoms with Gasteiger partial charge in [0.25, 0.3) is 0 Å². The molecular formula is C14H11BrClN3. The van der Waals surface area contributed by atoms with E-state index in [0.29, 0.717) is 16.4 Å². The SMILES string of the molecule is Cc1cc(Br)c(Nc2nccc(C)c2C#N)cc1Cl. The van der Waals surface area contributed by atoms with E-state index in [1.165, 1.54) is 0 Å². The Labute approximate surface area is 125 Å². The van der Waals surface area contributed by atoms with E-state index in [4.69, 9.17) is 11.6 Å². The molecule has 0 saturated carbocycles. The van der Waals surface area contributed by atoms with Crippen molar-refractivity contribution < 1.29 is 0 Å². The van der Waals surface area contributed by atoms with Gasteiger partial charge in [-0.15, -0.1) is 0 Å². The quantitative estimate of drug-likeness (QED) is 0.862. The van der Waals surface area contributed by atoms with Gasteiger partial charge >= 0.3 is 0 Å². The predicted molar refractivity (Wildman–Crippen MR) is 80.9 cm³/mol. The molecular weight excluding hydrogens is 326 g/mol. The largest absolute Gasteiger partial charge is 0.338 e. The monoisotopic (exact) mass is 335 g/mol. The molecule has 1 aromatic carbocycles. The highest BCUT2D eigenvalue weighted by atomic mass is 79.9. The van der Waals surface area contributed by atoms with Gasteiger partial charge in [-0.25, -0.2) is 4.98 Å². The molecule has 0 aliphatic rings. The van der Waals surface area contributed by atoms with Crippen LogP contribution in [0.1, 0.15) is 16.7 Å². The second-order valence-electron chi connectivity index (χ2n) is 4.17. The zero-order valence-corrected chi connectivity index (χ0v) is 12.8. The van der Waals surface area contributed by atoms with Crippen LogP contribution in [0.5, 0.6) is 0 Å². The van der Waals surface area contributed by atoms with Gasteiger partial charge in [0.1, 0.15) is 11.9 Å². The second kappa shape index (κ2) is 5.60. The van der Waals surface area contributed by atoms with Crippen LogP contribution < -0.4 is 5.32 Å². The number of nitrogens with zero attached hydrogens (tertiary/aromatic N) is 2. The zero-order valence-electron chi connectivity index (χ0n) is 10.5. The number of nitrogens with one attached hydrogen (secondary N) is 1. The van der Waals surface area contributed by atoms with Gasteiger partial charge < -0.3 is 5.32 Å². The van der Waals surface area contributed by atoms with Gasteiger partial charge in [-0.3, -0.25) is 0 Å². The summed E-state index contributed by atoms with van der Waals surface area (Å²) in [6, 6.07) is 7.70. The Bertz CT molecular complexity index is 677. The van der Waals surface area contributed by atoms with Crippen LogP contribution in [0.3, 0.4) is 0 Å². The molecule has 96 valence electrons. The van der Waals surface area contributed by atoms with Crippen molar-refractivity contribution in [2.75, 3.05) is 5.32 Å². The molecule has 0 atom stereocenters. The minimum Gasteiger partial charge on any atom is -0.338 e. The van der Waals surface area contributed by atoms with Crippen LogP contribution in [0.4, 0.5) is 11.5 Å². The van der Waals surface area contributed by atoms with E-state index in [-0.39, 0.29) is 0 Å². The summed E-state index contributed by atoms with van der Waals surface area (Å²) in [5.74, 6) is 0.531. The molecule has 0 aliphatic heterocycles. The fourth-order valence-corrected chi connectivity index (χ4v) is 2.38. The molecule has 3 nitrogen and oxygen atoms in total. The highest BCUT2D eigenvalue weighted by molar-refractivity contribution is 9.10. The molecule has 0 saturated heterocycles. The third-order valence-corrected chi connectivity index (χ3v) is 3.84. The summed E-state index contributed by atoms with van der Waals surface area (Å²) in [6.07, 6.45) is 1.67. The van der Waals surface area contributed by atoms with Crippen LogP contribution in [-0.2, 0) is 0 Å². The van der Waals surface area contributed by atoms with E-state index in [1.807, 2.05) is 26.0 Å². The first-order chi connectivity index (χ1) is 9.02. The lowest BCUT2D eigenvalue weighted by Gasteiger charge is -2.11. The van der Waals surface area contributed by atoms with E-state index in [2.05, 4.69) is 32.3 Å². The van der Waals surface area contributed by atoms with Gasteiger partial charge in [0, 0.05) is 15.7 Å². The summed E-state index contributed by atoms with van der Waals surface area (Å²) < 4.78 is 0.876. The van der Waals surface area contributed by atoms with Crippen molar-refractivity contribution in [3.05, 3.63) is 50.6 Å². The lowest BCUT2D eigenvalue weighted by Crippen LogP contribution is -1.99. The Morgan fingerprint density at radius 1 is 1.32 bits per heavy atom. The minimum atomic E-state index is 0.531. The van der Waals surface area contributed by atoms with Crippen molar-refractivity contribution in [1.82, 2.24) is 4.98 Å². The van der Waals surface area contributed by atoms with Crippen LogP contribution >= 0.6 is 27.5 Å². The maximum absolute atomic E-state index is 9.18. The minimum absolute atomic E-state index is 0.531. The summed E-state index contributed by atoms with van der Waals surface area (Å²) in [7, 11) is 0. The maximum atomic E-state index is 9.18. The Balaban J connectivity index is 2.45. The van der Waals surface area contributed by atoms with Crippen LogP contribution in [0.25, 0.3) is 0 Å². The fourth-order valence-electron chi connectivity index (χ4n) is 1.66. The Morgan fingerprint density at radius 3 is 2.74 bits per heavy atom. The third kappa shape index (κ3) is 2.89. The smallest absolute Gasteiger partial charge is 0.148 e. The number of aromatic nitrogens is 1. The van der Waals surface area contributed by atoms with Gasteiger partial charge in [-0.1, -0.05) is 11.6 Å². The normalized spacial score (nSPS) is 10.1. The molecule has 2 aromatic rings. The number of aryl methyl sites for hydroxylation is 2. The molecule has 0 fully saturated rings. The number of benzene rings is 1. The average molecular weight is 337 g/mol. The van der Waals surface area contributed by atoms with Crippen molar-refractivity contribution in [3.63, 3.8) is 0 Å². The lowest BCUT2D eigenvalue weighted by atomic mass is 10.1. The molecule has 0 aliphatic carbocycles. The predicted octanol–water partition coefficient (Wildman–Crippen LogP) is 4.73. The number of halogens is 2. The summed E-state index contributed by atoms with van der Waals surface area (Å²) in [6.45, 7) is 3.81. The maximum Gasteiger partial charge on any atom is 0.148 e. The standard InChI is InChI=1S/C14H11BrClN3/c1-8-3-4-18-14(10(8)7-17)19-13-6-12(16)9(2)5-11(13)15/h3-6H,1-2H3,(H,18,19). The zero-order chi connectivity index (χ0) is 14.0. The first-order valence-electron chi connectivity index (χ1n) is 5.61. The van der Waals surface area contributed by atoms with Crippen LogP contribution in [0.2, 0.25) is 5.02 Å². The topological polar surface area (TPSA) is 48.7 Å². The van der Waals surface area contributed by atoms with E-state index < -0.39 is 0 Å². The molecule has 1 aromatic heterocycles. The number of rotatable bonds is 2. The van der Waals surface area contributed by atoms with Crippen molar-refractivity contribution in [2.24, 2.45) is 0 Å². The van der Waals surface area contributed by atoms with Gasteiger partial charge in [0.2, 0.25) is 0 Å². The number of anilines is 2. The van der Waals surface area contributed by atoms with Crippen molar-refractivity contribution in [3.8, 4) is 6.07 Å². The summed E-state index contributed by atoms with van der Waals surface area (Å²) in [4.78, 5) is 4.20. The summed E-state index contributed by atoms with van der Waals surface area (Å²) >= 11 is 9.58. The number of nitriles is 1. The Morgan fingerprint density at radius 2 is 2.05 bits per heavy atom. The van der Waals surface area contributed by atoms with Gasteiger partial charge in [0.05, 0.1) is 11.3 Å². The molecule has 1 N–H and O–H groups in total. The summed E-state index contributed by atoms with van der Waals surface area (Å²) in [5, 5.41) is 13.0. The molecule has 19 heavy (non-hydrogen) atoms. The number of pyridine rings is 1. The first kappa shape index (κ1) is 13.9. The third-order valence-electron chi connectivity index (χ3n) is 2.77. The first-order valence-corrected chi connectivity index (χ1v) is 6.78. The lowest BCUT2D eigenvalue weighted by molar-refractivity contribution is 1.24. The molecule has 5 heteroatoms. The van der Waals surface area contributed by atoms with E-state index in [9.17, 15) is 5.26 Å². The molecule has 0 radical (unpaired) electrons. The van der Waals surface area contributed by atoms with Crippen molar-refractivity contribution in [2.45, 2.75) is 13.8 Å². The molecule has 0 spiro atoms. The molecule has 1 heterocycles. The molecule has 0 bridgehead atoms. The van der Waals surface area contributed by atoms with Crippen molar-refractivity contribution in [1.29, 1.82) is 5.26 Å². The fraction of sp³-hybridized carbons (Fsp3) is 0.143. The number of hydrogen-bond donors (Lipinski definition) is 1. The van der Waals surface area contributed by atoms with Crippen LogP contribution in [0, 0.1) is 25.2 Å². The van der Waals surface area contributed by atoms with Gasteiger partial charge in [0.15, 0.2) is 0 Å². The highest BCUT2D eigenvalue weighted by Crippen LogP contribution is 2.32. The van der Waals surface area contributed by atoms with Crippen LogP contribution in [0.15, 0.2) is 28.9 Å². The second-order valence-corrected chi connectivity index (χ2v) is 5.43. The highest BCUT2D eigenvalue weighted by Gasteiger charge is 2.10. The Kier molecular flexibility index (Phi) is 4.08. The average Bonchev–Trinajstić information content (AvgIpc) is 2.36. The van der Waals surface area contributed by atoms with Gasteiger partial charge in [-0.2, -0.15) is 5.26 Å². The van der Waals surface area contributed by atoms with E-state index in [1.54, 1.807) is 12.3 Å². The molecule has 2 rings (SSSR count). The van der Waals surface area contributed by atoms with Crippen LogP contribution in [-0.4, -0.2) is 4.98 Å². The van der Waals surface area contributed by atoms with Crippen molar-refractivity contribution >= 4 is 39.0 Å². The molecule has 0 amide bonds. The Hall–Kier alpha value is -1.57. The van der Waals surface area contributed by atoms with E-state index >= 15 is 0 Å². The summed E-state index contributed by atoms with van der Waals surface area (Å²) in [5.41, 5.74) is 3.18. The van der Waals surface area contributed by atoms with E-state index in [0.717, 1.165) is 21.3 Å².